The lowest BCUT2D eigenvalue weighted by Crippen LogP contribution is -1.97. The van der Waals surface area contributed by atoms with Crippen molar-refractivity contribution in [3.8, 4) is 56.0 Å². The summed E-state index contributed by atoms with van der Waals surface area (Å²) < 4.78 is 6.46. The first-order valence-corrected chi connectivity index (χ1v) is 16.2. The maximum atomic E-state index is 6.46. The average Bonchev–Trinajstić information content (AvgIpc) is 3.14. The summed E-state index contributed by atoms with van der Waals surface area (Å²) >= 11 is 0. The van der Waals surface area contributed by atoms with Crippen LogP contribution in [0.3, 0.4) is 0 Å². The molecule has 218 valence electrons. The standard InChI is InChI=1S/C46H28O/c1-2-14-34-29(10-1)11-7-19-35(34)30-22-24-32(25-23-30)44-36-15-3-5-17-38(36)45(39-18-6-4-16-37(39)44)33-26-27-42-41(28-33)40-20-8-12-31-13-9-21-43(47-42)46(31)40/h1-28H. The minimum Gasteiger partial charge on any atom is -0.456 e. The van der Waals surface area contributed by atoms with Gasteiger partial charge in [-0.3, -0.25) is 0 Å². The third-order valence-electron chi connectivity index (χ3n) is 9.85. The number of rotatable bonds is 3. The molecule has 1 aliphatic heterocycles. The molecule has 0 amide bonds. The summed E-state index contributed by atoms with van der Waals surface area (Å²) in [5.74, 6) is 1.82. The number of benzene rings is 9. The molecule has 0 bridgehead atoms. The van der Waals surface area contributed by atoms with Gasteiger partial charge in [-0.05, 0) is 94.8 Å². The van der Waals surface area contributed by atoms with Crippen LogP contribution in [0.4, 0.5) is 0 Å². The molecule has 0 spiro atoms. The van der Waals surface area contributed by atoms with Gasteiger partial charge in [-0.2, -0.15) is 0 Å². The number of hydrogen-bond acceptors (Lipinski definition) is 1. The molecule has 10 rings (SSSR count). The van der Waals surface area contributed by atoms with Crippen LogP contribution in [0.1, 0.15) is 0 Å². The molecule has 47 heavy (non-hydrogen) atoms. The van der Waals surface area contributed by atoms with Gasteiger partial charge in [0.1, 0.15) is 11.5 Å². The predicted molar refractivity (Wildman–Crippen MR) is 198 cm³/mol. The lowest BCUT2D eigenvalue weighted by molar-refractivity contribution is 0.487. The maximum absolute atomic E-state index is 6.46. The fourth-order valence-corrected chi connectivity index (χ4v) is 7.76. The van der Waals surface area contributed by atoms with Crippen molar-refractivity contribution in [1.82, 2.24) is 0 Å². The third kappa shape index (κ3) is 3.97. The number of hydrogen-bond donors (Lipinski definition) is 0. The van der Waals surface area contributed by atoms with Crippen LogP contribution < -0.4 is 4.74 Å². The van der Waals surface area contributed by atoms with Gasteiger partial charge in [-0.1, -0.05) is 152 Å². The van der Waals surface area contributed by atoms with Gasteiger partial charge in [0.25, 0.3) is 0 Å². The van der Waals surface area contributed by atoms with Crippen molar-refractivity contribution in [2.75, 3.05) is 0 Å². The van der Waals surface area contributed by atoms with Crippen LogP contribution >= 0.6 is 0 Å². The fraction of sp³-hybridized carbons (Fsp3) is 0. The van der Waals surface area contributed by atoms with E-state index in [9.17, 15) is 0 Å². The highest BCUT2D eigenvalue weighted by molar-refractivity contribution is 6.21. The molecule has 0 saturated heterocycles. The molecule has 1 aliphatic rings. The second-order valence-corrected chi connectivity index (χ2v) is 12.4. The second kappa shape index (κ2) is 10.2. The highest BCUT2D eigenvalue weighted by Crippen LogP contribution is 2.50. The van der Waals surface area contributed by atoms with Gasteiger partial charge in [0.15, 0.2) is 0 Å². The zero-order valence-corrected chi connectivity index (χ0v) is 25.6. The molecule has 0 N–H and O–H groups in total. The Kier molecular flexibility index (Phi) is 5.64. The topological polar surface area (TPSA) is 9.23 Å². The van der Waals surface area contributed by atoms with Crippen molar-refractivity contribution in [2.45, 2.75) is 0 Å². The molecule has 0 aliphatic carbocycles. The molecule has 0 unspecified atom stereocenters. The van der Waals surface area contributed by atoms with E-state index in [0.717, 1.165) is 17.1 Å². The summed E-state index contributed by atoms with van der Waals surface area (Å²) in [4.78, 5) is 0. The van der Waals surface area contributed by atoms with Crippen molar-refractivity contribution in [1.29, 1.82) is 0 Å². The van der Waals surface area contributed by atoms with Crippen LogP contribution in [0.15, 0.2) is 170 Å². The van der Waals surface area contributed by atoms with Crippen LogP contribution in [-0.4, -0.2) is 0 Å². The summed E-state index contributed by atoms with van der Waals surface area (Å²) in [6, 6.07) is 61.6. The van der Waals surface area contributed by atoms with Crippen LogP contribution in [0.5, 0.6) is 11.5 Å². The Morgan fingerprint density at radius 3 is 1.51 bits per heavy atom. The lowest BCUT2D eigenvalue weighted by atomic mass is 9.84. The molecule has 9 aromatic carbocycles. The highest BCUT2D eigenvalue weighted by atomic mass is 16.5. The molecule has 1 heterocycles. The summed E-state index contributed by atoms with van der Waals surface area (Å²) in [5.41, 5.74) is 9.76. The van der Waals surface area contributed by atoms with E-state index in [0.29, 0.717) is 0 Å². The SMILES string of the molecule is c1ccc2c(-c3ccc(-c4c5ccccc5c(-c5ccc6c(c5)-c5cccc7cccc(c57)O6)c5ccccc45)cc3)cccc2c1. The zero-order valence-electron chi connectivity index (χ0n) is 25.6. The average molecular weight is 597 g/mol. The van der Waals surface area contributed by atoms with E-state index < -0.39 is 0 Å². The summed E-state index contributed by atoms with van der Waals surface area (Å²) in [6.07, 6.45) is 0. The van der Waals surface area contributed by atoms with Gasteiger partial charge in [0, 0.05) is 10.9 Å². The highest BCUT2D eigenvalue weighted by Gasteiger charge is 2.22. The minimum absolute atomic E-state index is 0.900. The van der Waals surface area contributed by atoms with Crippen LogP contribution in [0, 0.1) is 0 Å². The Balaban J connectivity index is 1.18. The quantitative estimate of drug-likeness (QED) is 0.184. The minimum atomic E-state index is 0.900. The Bertz CT molecular complexity index is 2630. The Labute approximate surface area is 272 Å². The zero-order chi connectivity index (χ0) is 30.9. The first kappa shape index (κ1) is 26.1. The molecular weight excluding hydrogens is 569 g/mol. The van der Waals surface area contributed by atoms with Crippen LogP contribution in [-0.2, 0) is 0 Å². The largest absolute Gasteiger partial charge is 0.456 e. The molecular formula is C46H28O. The van der Waals surface area contributed by atoms with E-state index in [4.69, 9.17) is 4.74 Å². The third-order valence-corrected chi connectivity index (χ3v) is 9.85. The van der Waals surface area contributed by atoms with E-state index in [1.54, 1.807) is 0 Å². The van der Waals surface area contributed by atoms with Crippen molar-refractivity contribution >= 4 is 43.1 Å². The van der Waals surface area contributed by atoms with Gasteiger partial charge in [0.2, 0.25) is 0 Å². The predicted octanol–water partition coefficient (Wildman–Crippen LogP) is 13.1. The maximum Gasteiger partial charge on any atom is 0.135 e. The first-order valence-electron chi connectivity index (χ1n) is 16.2. The van der Waals surface area contributed by atoms with Crippen molar-refractivity contribution in [2.24, 2.45) is 0 Å². The van der Waals surface area contributed by atoms with Gasteiger partial charge in [-0.15, -0.1) is 0 Å². The Morgan fingerprint density at radius 2 is 0.809 bits per heavy atom. The van der Waals surface area contributed by atoms with E-state index in [-0.39, 0.29) is 0 Å². The summed E-state index contributed by atoms with van der Waals surface area (Å²) in [7, 11) is 0. The van der Waals surface area contributed by atoms with Crippen LogP contribution in [0.2, 0.25) is 0 Å². The van der Waals surface area contributed by atoms with Crippen molar-refractivity contribution in [3.63, 3.8) is 0 Å². The van der Waals surface area contributed by atoms with Crippen LogP contribution in [0.25, 0.3) is 87.6 Å². The molecule has 1 heteroatoms. The summed E-state index contributed by atoms with van der Waals surface area (Å²) in [6.45, 7) is 0. The smallest absolute Gasteiger partial charge is 0.135 e. The Hall–Kier alpha value is -6.18. The molecule has 1 nitrogen and oxygen atoms in total. The van der Waals surface area contributed by atoms with E-state index in [1.807, 2.05) is 0 Å². The molecule has 0 aromatic heterocycles. The normalized spacial score (nSPS) is 12.0. The number of ether oxygens (including phenoxy) is 1. The Morgan fingerprint density at radius 1 is 0.298 bits per heavy atom. The molecule has 0 atom stereocenters. The molecule has 0 saturated carbocycles. The molecule has 0 radical (unpaired) electrons. The first-order chi connectivity index (χ1) is 23.3. The fourth-order valence-electron chi connectivity index (χ4n) is 7.76. The summed E-state index contributed by atoms with van der Waals surface area (Å²) in [5, 5.41) is 9.90. The van der Waals surface area contributed by atoms with Gasteiger partial charge >= 0.3 is 0 Å². The van der Waals surface area contributed by atoms with E-state index in [1.165, 1.54) is 82.0 Å². The van der Waals surface area contributed by atoms with Crippen molar-refractivity contribution in [3.05, 3.63) is 170 Å². The van der Waals surface area contributed by atoms with Gasteiger partial charge in [-0.25, -0.2) is 0 Å². The lowest BCUT2D eigenvalue weighted by Gasteiger charge is -2.23. The molecule has 0 fully saturated rings. The van der Waals surface area contributed by atoms with E-state index in [2.05, 4.69) is 170 Å². The van der Waals surface area contributed by atoms with E-state index >= 15 is 0 Å². The van der Waals surface area contributed by atoms with Gasteiger partial charge < -0.3 is 4.74 Å². The molecule has 9 aromatic rings. The van der Waals surface area contributed by atoms with Crippen molar-refractivity contribution < 1.29 is 4.74 Å². The van der Waals surface area contributed by atoms with Gasteiger partial charge in [0.05, 0.1) is 0 Å². The number of fused-ring (bicyclic) bond motifs is 5. The second-order valence-electron chi connectivity index (χ2n) is 12.4. The monoisotopic (exact) mass is 596 g/mol.